The van der Waals surface area contributed by atoms with Crippen LogP contribution in [0.25, 0.3) is 11.3 Å². The predicted molar refractivity (Wildman–Crippen MR) is 62.6 cm³/mol. The Morgan fingerprint density at radius 3 is 3.06 bits per heavy atom. The van der Waals surface area contributed by atoms with Crippen LogP contribution in [-0.2, 0) is 13.0 Å². The van der Waals surface area contributed by atoms with E-state index in [9.17, 15) is 4.79 Å². The third-order valence-electron chi connectivity index (χ3n) is 3.07. The average molecular weight is 245 g/mol. The highest BCUT2D eigenvalue weighted by molar-refractivity contribution is 5.90. The molecule has 0 unspecified atom stereocenters. The summed E-state index contributed by atoms with van der Waals surface area (Å²) in [6, 6.07) is 5.74. The Balaban J connectivity index is 2.21. The highest BCUT2D eigenvalue weighted by Crippen LogP contribution is 2.40. The number of aromatic carboxylic acids is 1. The summed E-state index contributed by atoms with van der Waals surface area (Å²) in [5.74, 6) is 0.170. The fourth-order valence-electron chi connectivity index (χ4n) is 2.18. The van der Waals surface area contributed by atoms with Crippen molar-refractivity contribution in [2.45, 2.75) is 20.0 Å². The van der Waals surface area contributed by atoms with Gasteiger partial charge in [0, 0.05) is 0 Å². The van der Waals surface area contributed by atoms with Crippen LogP contribution in [0.5, 0.6) is 5.75 Å². The molecule has 0 spiro atoms. The molecule has 18 heavy (non-hydrogen) atoms. The first-order valence-electron chi connectivity index (χ1n) is 5.69. The number of para-hydroxylation sites is 1. The van der Waals surface area contributed by atoms with E-state index in [2.05, 4.69) is 5.16 Å². The van der Waals surface area contributed by atoms with Crippen molar-refractivity contribution >= 4 is 5.97 Å². The Kier molecular flexibility index (Phi) is 2.33. The number of rotatable bonds is 2. The van der Waals surface area contributed by atoms with Gasteiger partial charge in [0.15, 0.2) is 11.5 Å². The predicted octanol–water partition coefficient (Wildman–Crippen LogP) is 2.49. The highest BCUT2D eigenvalue weighted by atomic mass is 16.5. The second kappa shape index (κ2) is 3.87. The molecular formula is C13H11NO4. The SMILES string of the molecule is CCc1cccc2c1OCc1c(C(=O)O)noc1-2. The number of fused-ring (bicyclic) bond motifs is 3. The van der Waals surface area contributed by atoms with Crippen LogP contribution >= 0.6 is 0 Å². The third kappa shape index (κ3) is 1.40. The standard InChI is InChI=1S/C13H11NO4/c1-2-7-4-3-5-8-11(7)17-6-9-10(13(15)16)14-18-12(8)9/h3-5H,2,6H2,1H3,(H,15,16). The van der Waals surface area contributed by atoms with Crippen molar-refractivity contribution in [3.05, 3.63) is 35.0 Å². The first-order valence-corrected chi connectivity index (χ1v) is 5.69. The monoisotopic (exact) mass is 245 g/mol. The van der Waals surface area contributed by atoms with Crippen molar-refractivity contribution in [1.29, 1.82) is 0 Å². The lowest BCUT2D eigenvalue weighted by Crippen LogP contribution is -2.10. The zero-order valence-electron chi connectivity index (χ0n) is 9.77. The first kappa shape index (κ1) is 10.8. The smallest absolute Gasteiger partial charge is 0.358 e. The van der Waals surface area contributed by atoms with Gasteiger partial charge in [-0.05, 0) is 18.1 Å². The molecule has 1 aliphatic rings. The fraction of sp³-hybridized carbons (Fsp3) is 0.231. The quantitative estimate of drug-likeness (QED) is 0.879. The number of aryl methyl sites for hydroxylation is 1. The van der Waals surface area contributed by atoms with Gasteiger partial charge in [-0.25, -0.2) is 4.79 Å². The Morgan fingerprint density at radius 2 is 2.33 bits per heavy atom. The molecule has 0 amide bonds. The number of hydrogen-bond donors (Lipinski definition) is 1. The lowest BCUT2D eigenvalue weighted by molar-refractivity contribution is 0.0683. The Bertz CT molecular complexity index is 630. The molecular weight excluding hydrogens is 234 g/mol. The van der Waals surface area contributed by atoms with Crippen molar-refractivity contribution < 1.29 is 19.2 Å². The van der Waals surface area contributed by atoms with Crippen LogP contribution in [0.4, 0.5) is 0 Å². The summed E-state index contributed by atoms with van der Waals surface area (Å²) in [6.07, 6.45) is 0.846. The van der Waals surface area contributed by atoms with Gasteiger partial charge in [-0.15, -0.1) is 0 Å². The van der Waals surface area contributed by atoms with Gasteiger partial charge in [0.1, 0.15) is 12.4 Å². The number of carboxylic acids is 1. The van der Waals surface area contributed by atoms with Crippen LogP contribution < -0.4 is 4.74 Å². The number of benzene rings is 1. The molecule has 3 rings (SSSR count). The minimum absolute atomic E-state index is 0.0717. The van der Waals surface area contributed by atoms with Crippen molar-refractivity contribution in [2.75, 3.05) is 0 Å². The number of nitrogens with zero attached hydrogens (tertiary/aromatic N) is 1. The van der Waals surface area contributed by atoms with E-state index in [-0.39, 0.29) is 12.3 Å². The van der Waals surface area contributed by atoms with Gasteiger partial charge < -0.3 is 14.4 Å². The molecule has 2 heterocycles. The minimum atomic E-state index is -1.10. The van der Waals surface area contributed by atoms with E-state index in [0.717, 1.165) is 23.3 Å². The largest absolute Gasteiger partial charge is 0.488 e. The summed E-state index contributed by atoms with van der Waals surface area (Å²) in [4.78, 5) is 11.0. The molecule has 5 nitrogen and oxygen atoms in total. The summed E-state index contributed by atoms with van der Waals surface area (Å²) in [7, 11) is 0. The zero-order chi connectivity index (χ0) is 12.7. The van der Waals surface area contributed by atoms with E-state index >= 15 is 0 Å². The van der Waals surface area contributed by atoms with Gasteiger partial charge in [-0.1, -0.05) is 24.2 Å². The number of ether oxygens (including phenoxy) is 1. The Hall–Kier alpha value is -2.30. The number of aromatic nitrogens is 1. The van der Waals surface area contributed by atoms with Crippen molar-refractivity contribution in [2.24, 2.45) is 0 Å². The second-order valence-electron chi connectivity index (χ2n) is 4.08. The van der Waals surface area contributed by atoms with Gasteiger partial charge in [0.05, 0.1) is 11.1 Å². The van der Waals surface area contributed by atoms with Crippen LogP contribution in [0.15, 0.2) is 22.7 Å². The van der Waals surface area contributed by atoms with Gasteiger partial charge in [-0.3, -0.25) is 0 Å². The van der Waals surface area contributed by atoms with Crippen LogP contribution in [0.1, 0.15) is 28.5 Å². The maximum Gasteiger partial charge on any atom is 0.358 e. The summed E-state index contributed by atoms with van der Waals surface area (Å²) in [5.41, 5.74) is 2.28. The molecule has 0 bridgehead atoms. The molecule has 0 saturated heterocycles. The number of carbonyl (C=O) groups is 1. The second-order valence-corrected chi connectivity index (χ2v) is 4.08. The van der Waals surface area contributed by atoms with Crippen molar-refractivity contribution in [1.82, 2.24) is 5.16 Å². The lowest BCUT2D eigenvalue weighted by Gasteiger charge is -2.18. The van der Waals surface area contributed by atoms with Crippen LogP contribution in [0.2, 0.25) is 0 Å². The fourth-order valence-corrected chi connectivity index (χ4v) is 2.18. The molecule has 1 aliphatic heterocycles. The van der Waals surface area contributed by atoms with E-state index < -0.39 is 5.97 Å². The van der Waals surface area contributed by atoms with Crippen LogP contribution in [0.3, 0.4) is 0 Å². The molecule has 1 N–H and O–H groups in total. The van der Waals surface area contributed by atoms with E-state index in [4.69, 9.17) is 14.4 Å². The molecule has 0 radical (unpaired) electrons. The molecule has 0 aliphatic carbocycles. The number of carboxylic acid groups (broad SMARTS) is 1. The Morgan fingerprint density at radius 1 is 1.50 bits per heavy atom. The molecule has 2 aromatic rings. The molecule has 92 valence electrons. The molecule has 0 fully saturated rings. The normalized spacial score (nSPS) is 12.5. The molecule has 1 aromatic carbocycles. The zero-order valence-corrected chi connectivity index (χ0v) is 9.77. The van der Waals surface area contributed by atoms with E-state index in [0.29, 0.717) is 11.3 Å². The molecule has 5 heteroatoms. The van der Waals surface area contributed by atoms with Gasteiger partial charge >= 0.3 is 5.97 Å². The van der Waals surface area contributed by atoms with Crippen LogP contribution in [-0.4, -0.2) is 16.2 Å². The van der Waals surface area contributed by atoms with E-state index in [1.807, 2.05) is 25.1 Å². The number of hydrogen-bond acceptors (Lipinski definition) is 4. The molecule has 1 aromatic heterocycles. The van der Waals surface area contributed by atoms with E-state index in [1.165, 1.54) is 0 Å². The van der Waals surface area contributed by atoms with Gasteiger partial charge in [0.25, 0.3) is 0 Å². The lowest BCUT2D eigenvalue weighted by atomic mass is 9.99. The maximum atomic E-state index is 11.0. The van der Waals surface area contributed by atoms with Crippen LogP contribution in [0, 0.1) is 0 Å². The topological polar surface area (TPSA) is 72.6 Å². The summed E-state index contributed by atoms with van der Waals surface area (Å²) < 4.78 is 10.8. The summed E-state index contributed by atoms with van der Waals surface area (Å²) in [6.45, 7) is 2.22. The van der Waals surface area contributed by atoms with Crippen molar-refractivity contribution in [3.63, 3.8) is 0 Å². The van der Waals surface area contributed by atoms with Crippen molar-refractivity contribution in [3.8, 4) is 17.1 Å². The molecule has 0 saturated carbocycles. The maximum absolute atomic E-state index is 11.0. The minimum Gasteiger partial charge on any atom is -0.488 e. The first-order chi connectivity index (χ1) is 8.72. The Labute approximate surface area is 103 Å². The average Bonchev–Trinajstić information content (AvgIpc) is 2.82. The van der Waals surface area contributed by atoms with Gasteiger partial charge in [-0.2, -0.15) is 0 Å². The highest BCUT2D eigenvalue weighted by Gasteiger charge is 2.29. The summed E-state index contributed by atoms with van der Waals surface area (Å²) >= 11 is 0. The van der Waals surface area contributed by atoms with E-state index in [1.54, 1.807) is 0 Å². The summed E-state index contributed by atoms with van der Waals surface area (Å²) in [5, 5.41) is 12.6. The van der Waals surface area contributed by atoms with Gasteiger partial charge in [0.2, 0.25) is 0 Å². The molecule has 0 atom stereocenters. The third-order valence-corrected chi connectivity index (χ3v) is 3.07.